The zero-order chi connectivity index (χ0) is 29.4. The second-order valence-electron chi connectivity index (χ2n) is 11.5. The van der Waals surface area contributed by atoms with Crippen molar-refractivity contribution < 1.29 is 29.1 Å². The zero-order valence-corrected chi connectivity index (χ0v) is 23.6. The van der Waals surface area contributed by atoms with E-state index in [0.717, 1.165) is 12.8 Å². The van der Waals surface area contributed by atoms with Crippen LogP contribution in [0.3, 0.4) is 0 Å². The van der Waals surface area contributed by atoms with E-state index in [-0.39, 0.29) is 18.3 Å². The molecule has 0 spiro atoms. The maximum absolute atomic E-state index is 13.7. The zero-order valence-electron chi connectivity index (χ0n) is 23.6. The van der Waals surface area contributed by atoms with Crippen molar-refractivity contribution in [1.29, 1.82) is 0 Å². The molecule has 2 fully saturated rings. The number of aromatic nitrogens is 2. The summed E-state index contributed by atoms with van der Waals surface area (Å²) in [5.41, 5.74) is -0.645. The standard InChI is InChI=1S/C27H41N7O6/c1-5-7-17(21(36)25(39)31-16-9-10-16)32-24(38)19-8-6-13-34(19)26(40)22(27(2,3)4)33-20(35)15-30-23(37)18-14-28-11-12-29-18/h11-12,14,16-17,19,21-22,36H,5-10,13,15H2,1-4H3,(H,30,37)(H,31,39)(H,32,38)(H,33,35)/t17-,19?,21?,22?/m0/s1. The minimum Gasteiger partial charge on any atom is -0.381 e. The Balaban J connectivity index is 1.63. The van der Waals surface area contributed by atoms with E-state index in [9.17, 15) is 29.1 Å². The molecule has 13 nitrogen and oxygen atoms in total. The predicted octanol–water partition coefficient (Wildman–Crippen LogP) is -0.347. The van der Waals surface area contributed by atoms with Crippen LogP contribution in [0.5, 0.6) is 0 Å². The van der Waals surface area contributed by atoms with Crippen molar-refractivity contribution in [2.24, 2.45) is 5.41 Å². The maximum atomic E-state index is 13.7. The van der Waals surface area contributed by atoms with Crippen molar-refractivity contribution >= 4 is 29.5 Å². The third-order valence-corrected chi connectivity index (χ3v) is 6.96. The molecule has 13 heteroatoms. The summed E-state index contributed by atoms with van der Waals surface area (Å²) in [7, 11) is 0. The van der Waals surface area contributed by atoms with Gasteiger partial charge in [0.05, 0.1) is 18.8 Å². The van der Waals surface area contributed by atoms with Crippen LogP contribution in [0.15, 0.2) is 18.6 Å². The van der Waals surface area contributed by atoms with Gasteiger partial charge in [-0.25, -0.2) is 4.98 Å². The Morgan fingerprint density at radius 1 is 1.10 bits per heavy atom. The van der Waals surface area contributed by atoms with E-state index in [1.807, 2.05) is 6.92 Å². The molecule has 4 atom stereocenters. The molecule has 0 radical (unpaired) electrons. The van der Waals surface area contributed by atoms with E-state index in [2.05, 4.69) is 31.2 Å². The van der Waals surface area contributed by atoms with E-state index in [0.29, 0.717) is 32.2 Å². The summed E-state index contributed by atoms with van der Waals surface area (Å²) < 4.78 is 0. The number of nitrogens with one attached hydrogen (secondary N) is 4. The summed E-state index contributed by atoms with van der Waals surface area (Å²) in [5, 5.41) is 21.3. The highest BCUT2D eigenvalue weighted by atomic mass is 16.3. The molecule has 3 rings (SSSR count). The molecule has 1 aliphatic carbocycles. The molecule has 0 aromatic carbocycles. The van der Waals surface area contributed by atoms with Gasteiger partial charge < -0.3 is 31.3 Å². The van der Waals surface area contributed by atoms with Gasteiger partial charge in [0.1, 0.15) is 17.8 Å². The third kappa shape index (κ3) is 8.44. The largest absolute Gasteiger partial charge is 0.381 e. The van der Waals surface area contributed by atoms with Gasteiger partial charge in [0.15, 0.2) is 6.10 Å². The predicted molar refractivity (Wildman–Crippen MR) is 144 cm³/mol. The van der Waals surface area contributed by atoms with E-state index < -0.39 is 59.2 Å². The van der Waals surface area contributed by atoms with Crippen LogP contribution in [0.25, 0.3) is 0 Å². The Kier molecular flexibility index (Phi) is 10.5. The number of hydrogen-bond donors (Lipinski definition) is 5. The number of carbonyl (C=O) groups is 5. The molecule has 1 saturated heterocycles. The topological polar surface area (TPSA) is 183 Å². The van der Waals surface area contributed by atoms with Gasteiger partial charge in [0.2, 0.25) is 17.7 Å². The summed E-state index contributed by atoms with van der Waals surface area (Å²) >= 11 is 0. The van der Waals surface area contributed by atoms with Gasteiger partial charge in [-0.3, -0.25) is 29.0 Å². The van der Waals surface area contributed by atoms with Gasteiger partial charge >= 0.3 is 0 Å². The van der Waals surface area contributed by atoms with E-state index in [1.165, 1.54) is 23.5 Å². The second-order valence-corrected chi connectivity index (χ2v) is 11.5. The quantitative estimate of drug-likeness (QED) is 0.230. The normalized spacial score (nSPS) is 19.2. The number of amides is 5. The first-order valence-electron chi connectivity index (χ1n) is 13.8. The van der Waals surface area contributed by atoms with Crippen molar-refractivity contribution in [1.82, 2.24) is 36.1 Å². The lowest BCUT2D eigenvalue weighted by Crippen LogP contribution is -2.60. The molecule has 40 heavy (non-hydrogen) atoms. The second kappa shape index (κ2) is 13.6. The van der Waals surface area contributed by atoms with Crippen molar-refractivity contribution in [2.75, 3.05) is 13.1 Å². The first-order chi connectivity index (χ1) is 18.9. The number of nitrogens with zero attached hydrogens (tertiary/aromatic N) is 3. The molecule has 1 aromatic rings. The minimum atomic E-state index is -1.39. The van der Waals surface area contributed by atoms with Crippen LogP contribution in [0, 0.1) is 5.41 Å². The van der Waals surface area contributed by atoms with Gasteiger partial charge in [0.25, 0.3) is 11.8 Å². The van der Waals surface area contributed by atoms with Gasteiger partial charge in [-0.15, -0.1) is 0 Å². The Hall–Kier alpha value is -3.61. The number of aliphatic hydroxyl groups is 1. The van der Waals surface area contributed by atoms with Crippen LogP contribution < -0.4 is 21.3 Å². The third-order valence-electron chi connectivity index (χ3n) is 6.96. The van der Waals surface area contributed by atoms with Crippen LogP contribution in [0.4, 0.5) is 0 Å². The SMILES string of the molecule is CCC[C@H](NC(=O)C1CCCN1C(=O)C(NC(=O)CNC(=O)c1cnccn1)C(C)(C)C)C(O)C(=O)NC1CC1. The molecule has 2 aliphatic rings. The van der Waals surface area contributed by atoms with Crippen molar-refractivity contribution in [2.45, 2.75) is 96.5 Å². The van der Waals surface area contributed by atoms with Gasteiger partial charge in [-0.1, -0.05) is 34.1 Å². The molecule has 3 unspecified atom stereocenters. The lowest BCUT2D eigenvalue weighted by molar-refractivity contribution is -0.144. The molecule has 5 amide bonds. The lowest BCUT2D eigenvalue weighted by Gasteiger charge is -2.36. The highest BCUT2D eigenvalue weighted by molar-refractivity contribution is 5.96. The summed E-state index contributed by atoms with van der Waals surface area (Å²) in [5.74, 6) is -2.52. The van der Waals surface area contributed by atoms with Crippen LogP contribution in [0.1, 0.15) is 76.7 Å². The molecule has 1 aliphatic heterocycles. The number of rotatable bonds is 12. The van der Waals surface area contributed by atoms with Gasteiger partial charge in [0, 0.05) is 25.0 Å². The van der Waals surface area contributed by atoms with E-state index in [4.69, 9.17) is 0 Å². The number of aliphatic hydroxyl groups excluding tert-OH is 1. The van der Waals surface area contributed by atoms with Crippen LogP contribution in [0.2, 0.25) is 0 Å². The fourth-order valence-electron chi connectivity index (χ4n) is 4.59. The summed E-state index contributed by atoms with van der Waals surface area (Å²) in [4.78, 5) is 73.5. The molecular formula is C27H41N7O6. The fraction of sp³-hybridized carbons (Fsp3) is 0.667. The van der Waals surface area contributed by atoms with Gasteiger partial charge in [-0.2, -0.15) is 0 Å². The first kappa shape index (κ1) is 30.9. The van der Waals surface area contributed by atoms with Crippen molar-refractivity contribution in [3.8, 4) is 0 Å². The molecule has 5 N–H and O–H groups in total. The maximum Gasteiger partial charge on any atom is 0.271 e. The molecule has 1 aromatic heterocycles. The van der Waals surface area contributed by atoms with Crippen LogP contribution in [-0.4, -0.2) is 92.9 Å². The van der Waals surface area contributed by atoms with Crippen molar-refractivity contribution in [3.63, 3.8) is 0 Å². The first-order valence-corrected chi connectivity index (χ1v) is 13.8. The molecule has 2 heterocycles. The number of likely N-dealkylation sites (tertiary alicyclic amines) is 1. The summed E-state index contributed by atoms with van der Waals surface area (Å²) in [6.45, 7) is 7.23. The fourth-order valence-corrected chi connectivity index (χ4v) is 4.59. The summed E-state index contributed by atoms with van der Waals surface area (Å²) in [6, 6.07) is -2.48. The summed E-state index contributed by atoms with van der Waals surface area (Å²) in [6.07, 6.45) is 6.46. The Bertz CT molecular complexity index is 1070. The molecule has 0 bridgehead atoms. The lowest BCUT2D eigenvalue weighted by atomic mass is 9.85. The smallest absolute Gasteiger partial charge is 0.271 e. The van der Waals surface area contributed by atoms with E-state index >= 15 is 0 Å². The Morgan fingerprint density at radius 3 is 2.42 bits per heavy atom. The van der Waals surface area contributed by atoms with E-state index in [1.54, 1.807) is 20.8 Å². The highest BCUT2D eigenvalue weighted by Gasteiger charge is 2.43. The Labute approximate surface area is 234 Å². The highest BCUT2D eigenvalue weighted by Crippen LogP contribution is 2.26. The molecule has 1 saturated carbocycles. The van der Waals surface area contributed by atoms with Crippen LogP contribution in [-0.2, 0) is 19.2 Å². The minimum absolute atomic E-state index is 0.0567. The van der Waals surface area contributed by atoms with Gasteiger partial charge in [-0.05, 0) is 37.5 Å². The average Bonchev–Trinajstić information content (AvgIpc) is 3.59. The average molecular weight is 560 g/mol. The molecular weight excluding hydrogens is 518 g/mol. The number of carbonyl (C=O) groups excluding carboxylic acids is 5. The van der Waals surface area contributed by atoms with Crippen LogP contribution >= 0.6 is 0 Å². The van der Waals surface area contributed by atoms with Crippen molar-refractivity contribution in [3.05, 3.63) is 24.3 Å². The monoisotopic (exact) mass is 559 g/mol. The molecule has 220 valence electrons. The Morgan fingerprint density at radius 2 is 1.82 bits per heavy atom. The number of hydrogen-bond acceptors (Lipinski definition) is 8.